The minimum atomic E-state index is 0.470. The zero-order valence-electron chi connectivity index (χ0n) is 9.30. The average Bonchev–Trinajstić information content (AvgIpc) is 3.00. The predicted octanol–water partition coefficient (Wildman–Crippen LogP) is 1.13. The van der Waals surface area contributed by atoms with Crippen LogP contribution < -0.4 is 5.32 Å². The molecule has 0 radical (unpaired) electrons. The smallest absolute Gasteiger partial charge is 0.279 e. The fourth-order valence-corrected chi connectivity index (χ4v) is 2.49. The third-order valence-electron chi connectivity index (χ3n) is 2.92. The Morgan fingerprint density at radius 2 is 2.53 bits per heavy atom. The van der Waals surface area contributed by atoms with Gasteiger partial charge in [0.25, 0.3) is 5.89 Å². The van der Waals surface area contributed by atoms with Gasteiger partial charge in [-0.1, -0.05) is 9.64 Å². The molecular formula is C10H13N5OS. The van der Waals surface area contributed by atoms with Crippen LogP contribution in [0.2, 0.25) is 0 Å². The van der Waals surface area contributed by atoms with Crippen LogP contribution in [0.5, 0.6) is 0 Å². The molecule has 0 aliphatic carbocycles. The van der Waals surface area contributed by atoms with Crippen LogP contribution in [0.25, 0.3) is 11.6 Å². The molecule has 3 rings (SSSR count). The molecule has 1 N–H and O–H groups in total. The Kier molecular flexibility index (Phi) is 3.10. The van der Waals surface area contributed by atoms with Gasteiger partial charge >= 0.3 is 0 Å². The van der Waals surface area contributed by atoms with Crippen molar-refractivity contribution in [3.63, 3.8) is 0 Å². The van der Waals surface area contributed by atoms with Gasteiger partial charge in [-0.2, -0.15) is 4.98 Å². The van der Waals surface area contributed by atoms with Crippen LogP contribution >= 0.6 is 11.5 Å². The van der Waals surface area contributed by atoms with E-state index in [4.69, 9.17) is 4.52 Å². The van der Waals surface area contributed by atoms with Crippen molar-refractivity contribution in [3.05, 3.63) is 11.2 Å². The van der Waals surface area contributed by atoms with Gasteiger partial charge in [-0.05, 0) is 43.4 Å². The highest BCUT2D eigenvalue weighted by molar-refractivity contribution is 7.03. The Morgan fingerprint density at radius 3 is 3.29 bits per heavy atom. The van der Waals surface area contributed by atoms with E-state index >= 15 is 0 Å². The molecule has 3 heterocycles. The molecule has 2 aromatic rings. The Bertz CT molecular complexity index is 463. The normalized spacial score (nSPS) is 20.6. The first kappa shape index (κ1) is 10.8. The second-order valence-electron chi connectivity index (χ2n) is 4.22. The summed E-state index contributed by atoms with van der Waals surface area (Å²) in [5.74, 6) is 1.85. The topological polar surface area (TPSA) is 76.7 Å². The van der Waals surface area contributed by atoms with E-state index in [1.165, 1.54) is 24.4 Å². The molecule has 17 heavy (non-hydrogen) atoms. The summed E-state index contributed by atoms with van der Waals surface area (Å²) < 4.78 is 8.95. The van der Waals surface area contributed by atoms with E-state index in [1.54, 1.807) is 5.38 Å². The molecule has 0 spiro atoms. The van der Waals surface area contributed by atoms with Gasteiger partial charge < -0.3 is 9.84 Å². The van der Waals surface area contributed by atoms with Gasteiger partial charge in [0.2, 0.25) is 0 Å². The maximum absolute atomic E-state index is 5.17. The molecular weight excluding hydrogens is 238 g/mol. The first-order valence-corrected chi connectivity index (χ1v) is 6.56. The number of hydrogen-bond acceptors (Lipinski definition) is 7. The molecule has 1 aliphatic rings. The lowest BCUT2D eigenvalue weighted by molar-refractivity contribution is 0.359. The molecule has 2 aromatic heterocycles. The minimum absolute atomic E-state index is 0.470. The second kappa shape index (κ2) is 4.89. The minimum Gasteiger partial charge on any atom is -0.332 e. The number of nitrogens with one attached hydrogen (secondary N) is 1. The molecule has 0 aromatic carbocycles. The summed E-state index contributed by atoms with van der Waals surface area (Å²) in [5.41, 5.74) is 0.663. The quantitative estimate of drug-likeness (QED) is 0.881. The first-order chi connectivity index (χ1) is 8.42. The van der Waals surface area contributed by atoms with Crippen molar-refractivity contribution < 1.29 is 4.52 Å². The Labute approximate surface area is 103 Å². The van der Waals surface area contributed by atoms with Gasteiger partial charge in [0, 0.05) is 11.8 Å². The van der Waals surface area contributed by atoms with Gasteiger partial charge in [-0.15, -0.1) is 5.10 Å². The fourth-order valence-electron chi connectivity index (χ4n) is 2.06. The van der Waals surface area contributed by atoms with Crippen LogP contribution in [0.3, 0.4) is 0 Å². The highest BCUT2D eigenvalue weighted by Gasteiger charge is 2.18. The molecule has 1 fully saturated rings. The summed E-state index contributed by atoms with van der Waals surface area (Å²) in [7, 11) is 0. The van der Waals surface area contributed by atoms with Crippen LogP contribution in [0.4, 0.5) is 0 Å². The molecule has 1 aliphatic heterocycles. The SMILES string of the molecule is c1snnc1-c1nc(CC2CCCNC2)no1. The van der Waals surface area contributed by atoms with Gasteiger partial charge in [0.1, 0.15) is 0 Å². The fraction of sp³-hybridized carbons (Fsp3) is 0.600. The number of aromatic nitrogens is 4. The second-order valence-corrected chi connectivity index (χ2v) is 4.83. The van der Waals surface area contributed by atoms with Gasteiger partial charge in [-0.3, -0.25) is 0 Å². The van der Waals surface area contributed by atoms with E-state index in [-0.39, 0.29) is 0 Å². The van der Waals surface area contributed by atoms with Crippen LogP contribution in [0.1, 0.15) is 18.7 Å². The highest BCUT2D eigenvalue weighted by atomic mass is 32.1. The van der Waals surface area contributed by atoms with Gasteiger partial charge in [0.15, 0.2) is 11.5 Å². The summed E-state index contributed by atoms with van der Waals surface area (Å²) in [4.78, 5) is 4.35. The third-order valence-corrected chi connectivity index (χ3v) is 3.42. The highest BCUT2D eigenvalue weighted by Crippen LogP contribution is 2.18. The zero-order valence-corrected chi connectivity index (χ0v) is 10.1. The summed E-state index contributed by atoms with van der Waals surface area (Å²) in [6.07, 6.45) is 3.33. The van der Waals surface area contributed by atoms with Gasteiger partial charge in [0.05, 0.1) is 0 Å². The Hall–Kier alpha value is -1.34. The molecule has 7 heteroatoms. The number of piperidine rings is 1. The third kappa shape index (κ3) is 2.50. The van der Waals surface area contributed by atoms with Crippen molar-refractivity contribution in [1.82, 2.24) is 25.0 Å². The van der Waals surface area contributed by atoms with Crippen LogP contribution in [-0.4, -0.2) is 32.8 Å². The number of nitrogens with zero attached hydrogens (tertiary/aromatic N) is 4. The summed E-state index contributed by atoms with van der Waals surface area (Å²) >= 11 is 1.28. The lowest BCUT2D eigenvalue weighted by Crippen LogP contribution is -2.31. The zero-order chi connectivity index (χ0) is 11.5. The largest absolute Gasteiger partial charge is 0.332 e. The van der Waals surface area contributed by atoms with Crippen molar-refractivity contribution in [1.29, 1.82) is 0 Å². The maximum Gasteiger partial charge on any atom is 0.279 e. The van der Waals surface area contributed by atoms with E-state index in [0.717, 1.165) is 25.3 Å². The molecule has 0 bridgehead atoms. The average molecular weight is 251 g/mol. The monoisotopic (exact) mass is 251 g/mol. The molecule has 1 atom stereocenters. The summed E-state index contributed by atoms with van der Waals surface area (Å²) in [6.45, 7) is 2.17. The Balaban J connectivity index is 1.68. The van der Waals surface area contributed by atoms with E-state index in [1.807, 2.05) is 0 Å². The molecule has 0 saturated carbocycles. The van der Waals surface area contributed by atoms with Gasteiger partial charge in [-0.25, -0.2) is 0 Å². The van der Waals surface area contributed by atoms with Crippen molar-refractivity contribution >= 4 is 11.5 Å². The van der Waals surface area contributed by atoms with E-state index < -0.39 is 0 Å². The lowest BCUT2D eigenvalue weighted by atomic mass is 9.96. The van der Waals surface area contributed by atoms with Crippen LogP contribution in [0, 0.1) is 5.92 Å². The molecule has 1 unspecified atom stereocenters. The van der Waals surface area contributed by atoms with Crippen LogP contribution in [-0.2, 0) is 6.42 Å². The molecule has 6 nitrogen and oxygen atoms in total. The molecule has 1 saturated heterocycles. The summed E-state index contributed by atoms with van der Waals surface area (Å²) in [5, 5.41) is 13.1. The van der Waals surface area contributed by atoms with Crippen LogP contribution in [0.15, 0.2) is 9.90 Å². The van der Waals surface area contributed by atoms with E-state index in [9.17, 15) is 0 Å². The lowest BCUT2D eigenvalue weighted by Gasteiger charge is -2.20. The number of rotatable bonds is 3. The Morgan fingerprint density at radius 1 is 1.53 bits per heavy atom. The van der Waals surface area contributed by atoms with Crippen molar-refractivity contribution in [3.8, 4) is 11.6 Å². The van der Waals surface area contributed by atoms with Crippen molar-refractivity contribution in [2.75, 3.05) is 13.1 Å². The predicted molar refractivity (Wildman–Crippen MR) is 62.5 cm³/mol. The maximum atomic E-state index is 5.17. The molecule has 0 amide bonds. The standard InChI is InChI=1S/C10H13N5OS/c1-2-7(5-11-3-1)4-9-12-10(16-14-9)8-6-17-15-13-8/h6-7,11H,1-5H2. The summed E-state index contributed by atoms with van der Waals surface area (Å²) in [6, 6.07) is 0. The first-order valence-electron chi connectivity index (χ1n) is 5.72. The number of hydrogen-bond donors (Lipinski definition) is 1. The van der Waals surface area contributed by atoms with E-state index in [0.29, 0.717) is 17.5 Å². The van der Waals surface area contributed by atoms with Crippen molar-refractivity contribution in [2.45, 2.75) is 19.3 Å². The van der Waals surface area contributed by atoms with Crippen molar-refractivity contribution in [2.24, 2.45) is 5.92 Å². The molecule has 90 valence electrons. The van der Waals surface area contributed by atoms with E-state index in [2.05, 4.69) is 25.0 Å².